The number of benzene rings is 2. The summed E-state index contributed by atoms with van der Waals surface area (Å²) in [6.07, 6.45) is 0. The molecule has 0 aromatic heterocycles. The van der Waals surface area contributed by atoms with Gasteiger partial charge >= 0.3 is 11.9 Å². The maximum absolute atomic E-state index is 11.5. The van der Waals surface area contributed by atoms with Gasteiger partial charge in [0.2, 0.25) is 0 Å². The van der Waals surface area contributed by atoms with E-state index in [1.807, 2.05) is 0 Å². The molecule has 2 N–H and O–H groups in total. The van der Waals surface area contributed by atoms with Gasteiger partial charge in [-0.1, -0.05) is 39.7 Å². The second-order valence-electron chi connectivity index (χ2n) is 4.41. The maximum atomic E-state index is 11.5. The largest absolute Gasteiger partial charge is 0.478 e. The molecular weight excluding hydrogens is 360 g/mol. The van der Waals surface area contributed by atoms with E-state index in [9.17, 15) is 19.8 Å². The Hall–Kier alpha value is -1.85. The highest BCUT2D eigenvalue weighted by Crippen LogP contribution is 2.36. The number of halogens is 2. The molecule has 0 bridgehead atoms. The molecule has 4 nitrogen and oxygen atoms in total. The number of carboxylic acid groups (broad SMARTS) is 2. The van der Waals surface area contributed by atoms with Crippen LogP contribution in [0.15, 0.2) is 34.8 Å². The van der Waals surface area contributed by atoms with E-state index in [-0.39, 0.29) is 21.7 Å². The number of aryl methyl sites for hydroxylation is 1. The zero-order chi connectivity index (χ0) is 15.7. The lowest BCUT2D eigenvalue weighted by Crippen LogP contribution is -2.09. The van der Waals surface area contributed by atoms with Gasteiger partial charge in [-0.15, -0.1) is 0 Å². The third kappa shape index (κ3) is 2.94. The molecule has 2 aromatic rings. The van der Waals surface area contributed by atoms with Crippen LogP contribution in [0.5, 0.6) is 0 Å². The lowest BCUT2D eigenvalue weighted by molar-refractivity contribution is 0.0695. The van der Waals surface area contributed by atoms with Crippen molar-refractivity contribution >= 4 is 39.5 Å². The first-order valence-electron chi connectivity index (χ1n) is 5.88. The molecule has 0 aliphatic carbocycles. The van der Waals surface area contributed by atoms with Gasteiger partial charge in [-0.3, -0.25) is 0 Å². The van der Waals surface area contributed by atoms with Crippen LogP contribution in [0.25, 0.3) is 11.1 Å². The number of rotatable bonds is 3. The molecule has 0 atom stereocenters. The SMILES string of the molecule is Cc1ccc(C(=O)O)c(-c2ccc(Br)cc2Cl)c1C(=O)O. The number of hydrogen-bond acceptors (Lipinski definition) is 2. The van der Waals surface area contributed by atoms with Crippen LogP contribution in [0, 0.1) is 6.92 Å². The van der Waals surface area contributed by atoms with Crippen LogP contribution in [-0.4, -0.2) is 22.2 Å². The molecular formula is C15H10BrClO4. The molecule has 0 unspecified atom stereocenters. The summed E-state index contributed by atoms with van der Waals surface area (Å²) in [5, 5.41) is 19.0. The Balaban J connectivity index is 2.90. The molecule has 0 fully saturated rings. The average Bonchev–Trinajstić information content (AvgIpc) is 2.37. The molecule has 6 heteroatoms. The van der Waals surface area contributed by atoms with Crippen LogP contribution in [0.2, 0.25) is 5.02 Å². The zero-order valence-electron chi connectivity index (χ0n) is 10.9. The van der Waals surface area contributed by atoms with Gasteiger partial charge in [0.25, 0.3) is 0 Å². The quantitative estimate of drug-likeness (QED) is 0.837. The second kappa shape index (κ2) is 5.87. The van der Waals surface area contributed by atoms with Crippen molar-refractivity contribution in [1.29, 1.82) is 0 Å². The van der Waals surface area contributed by atoms with E-state index in [0.29, 0.717) is 11.1 Å². The summed E-state index contributed by atoms with van der Waals surface area (Å²) in [4.78, 5) is 22.9. The fourth-order valence-corrected chi connectivity index (χ4v) is 2.90. The Morgan fingerprint density at radius 2 is 1.76 bits per heavy atom. The number of carbonyl (C=O) groups is 2. The summed E-state index contributed by atoms with van der Waals surface area (Å²) in [6, 6.07) is 7.73. The van der Waals surface area contributed by atoms with Crippen molar-refractivity contribution in [1.82, 2.24) is 0 Å². The summed E-state index contributed by atoms with van der Waals surface area (Å²) < 4.78 is 0.720. The van der Waals surface area contributed by atoms with Crippen molar-refractivity contribution < 1.29 is 19.8 Å². The highest BCUT2D eigenvalue weighted by Gasteiger charge is 2.23. The molecule has 0 radical (unpaired) electrons. The Kier molecular flexibility index (Phi) is 4.34. The van der Waals surface area contributed by atoms with E-state index in [4.69, 9.17) is 11.6 Å². The fourth-order valence-electron chi connectivity index (χ4n) is 2.13. The van der Waals surface area contributed by atoms with Crippen LogP contribution < -0.4 is 0 Å². The number of aromatic carboxylic acids is 2. The van der Waals surface area contributed by atoms with Crippen LogP contribution in [0.4, 0.5) is 0 Å². The van der Waals surface area contributed by atoms with Crippen LogP contribution in [-0.2, 0) is 0 Å². The third-order valence-corrected chi connectivity index (χ3v) is 3.86. The van der Waals surface area contributed by atoms with Gasteiger partial charge in [0.05, 0.1) is 11.1 Å². The van der Waals surface area contributed by atoms with Crippen molar-refractivity contribution in [2.24, 2.45) is 0 Å². The number of hydrogen-bond donors (Lipinski definition) is 2. The van der Waals surface area contributed by atoms with E-state index < -0.39 is 11.9 Å². The van der Waals surface area contributed by atoms with E-state index in [1.165, 1.54) is 12.1 Å². The molecule has 0 spiro atoms. The summed E-state index contributed by atoms with van der Waals surface area (Å²) >= 11 is 9.41. The van der Waals surface area contributed by atoms with Gasteiger partial charge in [0, 0.05) is 20.6 Å². The first-order chi connectivity index (χ1) is 9.82. The highest BCUT2D eigenvalue weighted by atomic mass is 79.9. The Morgan fingerprint density at radius 1 is 1.10 bits per heavy atom. The number of carboxylic acids is 2. The standard InChI is InChI=1S/C15H10BrClO4/c1-7-2-4-10(14(18)19)13(12(7)15(20)21)9-5-3-8(16)6-11(9)17/h2-6H,1H3,(H,18,19)(H,20,21). The van der Waals surface area contributed by atoms with Crippen molar-refractivity contribution in [2.45, 2.75) is 6.92 Å². The molecule has 0 heterocycles. The minimum absolute atomic E-state index is 0.0564. The molecule has 0 aliphatic heterocycles. The van der Waals surface area contributed by atoms with Gasteiger partial charge in [0.15, 0.2) is 0 Å². The lowest BCUT2D eigenvalue weighted by atomic mass is 9.91. The molecule has 21 heavy (non-hydrogen) atoms. The normalized spacial score (nSPS) is 10.4. The molecule has 108 valence electrons. The predicted molar refractivity (Wildman–Crippen MR) is 83.2 cm³/mol. The summed E-state index contributed by atoms with van der Waals surface area (Å²) in [7, 11) is 0. The lowest BCUT2D eigenvalue weighted by Gasteiger charge is -2.14. The van der Waals surface area contributed by atoms with E-state index in [1.54, 1.807) is 25.1 Å². The van der Waals surface area contributed by atoms with E-state index in [2.05, 4.69) is 15.9 Å². The van der Waals surface area contributed by atoms with Gasteiger partial charge < -0.3 is 10.2 Å². The minimum atomic E-state index is -1.20. The summed E-state index contributed by atoms with van der Waals surface area (Å²) in [5.41, 5.74) is 0.814. The molecule has 2 rings (SSSR count). The van der Waals surface area contributed by atoms with Gasteiger partial charge in [-0.25, -0.2) is 9.59 Å². The topological polar surface area (TPSA) is 74.6 Å². The smallest absolute Gasteiger partial charge is 0.336 e. The van der Waals surface area contributed by atoms with Crippen molar-refractivity contribution in [3.8, 4) is 11.1 Å². The molecule has 0 amide bonds. The highest BCUT2D eigenvalue weighted by molar-refractivity contribution is 9.10. The third-order valence-electron chi connectivity index (χ3n) is 3.06. The monoisotopic (exact) mass is 368 g/mol. The van der Waals surface area contributed by atoms with E-state index >= 15 is 0 Å². The van der Waals surface area contributed by atoms with Crippen molar-refractivity contribution in [3.05, 3.63) is 56.5 Å². The Bertz CT molecular complexity index is 756. The Morgan fingerprint density at radius 3 is 2.29 bits per heavy atom. The first-order valence-corrected chi connectivity index (χ1v) is 7.05. The van der Waals surface area contributed by atoms with Gasteiger partial charge in [0.1, 0.15) is 0 Å². The summed E-state index contributed by atoms with van der Waals surface area (Å²) in [5.74, 6) is -2.39. The van der Waals surface area contributed by atoms with Crippen LogP contribution in [0.3, 0.4) is 0 Å². The second-order valence-corrected chi connectivity index (χ2v) is 5.74. The van der Waals surface area contributed by atoms with E-state index in [0.717, 1.165) is 4.47 Å². The van der Waals surface area contributed by atoms with Gasteiger partial charge in [-0.05, 0) is 30.7 Å². The molecule has 0 saturated carbocycles. The summed E-state index contributed by atoms with van der Waals surface area (Å²) in [6.45, 7) is 1.62. The minimum Gasteiger partial charge on any atom is -0.478 e. The molecule has 0 saturated heterocycles. The maximum Gasteiger partial charge on any atom is 0.336 e. The fraction of sp³-hybridized carbons (Fsp3) is 0.0667. The molecule has 0 aliphatic rings. The van der Waals surface area contributed by atoms with Crippen molar-refractivity contribution in [3.63, 3.8) is 0 Å². The van der Waals surface area contributed by atoms with Crippen molar-refractivity contribution in [2.75, 3.05) is 0 Å². The van der Waals surface area contributed by atoms with Gasteiger partial charge in [-0.2, -0.15) is 0 Å². The first kappa shape index (κ1) is 15.5. The predicted octanol–water partition coefficient (Wildman–Crippen LogP) is 4.47. The zero-order valence-corrected chi connectivity index (χ0v) is 13.2. The van der Waals surface area contributed by atoms with Crippen LogP contribution >= 0.6 is 27.5 Å². The molecule has 2 aromatic carbocycles. The average molecular weight is 370 g/mol. The van der Waals surface area contributed by atoms with Crippen LogP contribution in [0.1, 0.15) is 26.3 Å². The Labute approximate surface area is 134 Å².